The minimum absolute atomic E-state index is 0.591. The van der Waals surface area contributed by atoms with Crippen molar-refractivity contribution in [2.24, 2.45) is 0 Å². The second kappa shape index (κ2) is 19.3. The molecule has 0 aliphatic rings. The monoisotopic (exact) mass is 399 g/mol. The van der Waals surface area contributed by atoms with E-state index in [1.807, 2.05) is 6.07 Å². The summed E-state index contributed by atoms with van der Waals surface area (Å²) in [5, 5.41) is 0. The molecule has 7 nitrogen and oxygen atoms in total. The maximum Gasteiger partial charge on any atom is 0.0701 e. The first-order valence-electron chi connectivity index (χ1n) is 9.92. The van der Waals surface area contributed by atoms with Gasteiger partial charge >= 0.3 is 0 Å². The average Bonchev–Trinajstić information content (AvgIpc) is 2.72. The molecule has 0 N–H and O–H groups in total. The lowest BCUT2D eigenvalue weighted by molar-refractivity contribution is 0.00845. The standard InChI is InChI=1S/C21H37NO6/c1-23-12-14-27-18-16-25-10-8-22(20-21-6-4-3-5-7-21)9-11-26-17-19-28-15-13-24-2/h3-7H,8-20H2,1-2H3. The Morgan fingerprint density at radius 2 is 1.00 bits per heavy atom. The van der Waals surface area contributed by atoms with Crippen LogP contribution < -0.4 is 0 Å². The normalized spacial score (nSPS) is 11.4. The van der Waals surface area contributed by atoms with E-state index >= 15 is 0 Å². The van der Waals surface area contributed by atoms with E-state index in [4.69, 9.17) is 28.4 Å². The van der Waals surface area contributed by atoms with E-state index in [1.165, 1.54) is 5.56 Å². The molecule has 0 spiro atoms. The third-order valence-electron chi connectivity index (χ3n) is 3.96. The molecule has 0 aliphatic carbocycles. The average molecular weight is 400 g/mol. The summed E-state index contributed by atoms with van der Waals surface area (Å²) in [6, 6.07) is 10.4. The number of nitrogens with zero attached hydrogens (tertiary/aromatic N) is 1. The van der Waals surface area contributed by atoms with Crippen LogP contribution in [-0.4, -0.2) is 98.3 Å². The van der Waals surface area contributed by atoms with Crippen molar-refractivity contribution in [2.45, 2.75) is 6.54 Å². The third-order valence-corrected chi connectivity index (χ3v) is 3.96. The molecule has 1 aromatic rings. The number of methoxy groups -OCH3 is 2. The molecule has 0 heterocycles. The Morgan fingerprint density at radius 3 is 1.46 bits per heavy atom. The first kappa shape index (κ1) is 25.0. The van der Waals surface area contributed by atoms with Crippen LogP contribution in [0.2, 0.25) is 0 Å². The molecule has 1 rings (SSSR count). The molecule has 0 unspecified atom stereocenters. The number of rotatable bonds is 20. The maximum atomic E-state index is 5.68. The third kappa shape index (κ3) is 14.9. The first-order chi connectivity index (χ1) is 13.9. The SMILES string of the molecule is COCCOCCOCCN(CCOCCOCCOC)Cc1ccccc1. The summed E-state index contributed by atoms with van der Waals surface area (Å²) in [5.41, 5.74) is 1.29. The van der Waals surface area contributed by atoms with Crippen LogP contribution in [0.1, 0.15) is 5.56 Å². The van der Waals surface area contributed by atoms with Crippen LogP contribution >= 0.6 is 0 Å². The van der Waals surface area contributed by atoms with Crippen LogP contribution in [0.3, 0.4) is 0 Å². The van der Waals surface area contributed by atoms with Crippen molar-refractivity contribution in [3.63, 3.8) is 0 Å². The van der Waals surface area contributed by atoms with Gasteiger partial charge in [0.15, 0.2) is 0 Å². The fourth-order valence-electron chi connectivity index (χ4n) is 2.43. The number of ether oxygens (including phenoxy) is 6. The second-order valence-electron chi connectivity index (χ2n) is 6.20. The van der Waals surface area contributed by atoms with E-state index in [9.17, 15) is 0 Å². The lowest BCUT2D eigenvalue weighted by atomic mass is 10.2. The minimum atomic E-state index is 0.591. The van der Waals surface area contributed by atoms with E-state index < -0.39 is 0 Å². The van der Waals surface area contributed by atoms with Gasteiger partial charge in [0, 0.05) is 33.9 Å². The summed E-state index contributed by atoms with van der Waals surface area (Å²) in [5.74, 6) is 0. The van der Waals surface area contributed by atoms with Crippen molar-refractivity contribution in [2.75, 3.05) is 93.4 Å². The molecule has 0 atom stereocenters. The Balaban J connectivity index is 2.17. The summed E-state index contributed by atoms with van der Waals surface area (Å²) in [7, 11) is 3.33. The van der Waals surface area contributed by atoms with E-state index in [0.29, 0.717) is 66.1 Å². The lowest BCUT2D eigenvalue weighted by Crippen LogP contribution is -2.31. The highest BCUT2D eigenvalue weighted by Crippen LogP contribution is 2.04. The zero-order valence-electron chi connectivity index (χ0n) is 17.5. The summed E-state index contributed by atoms with van der Waals surface area (Å²) >= 11 is 0. The Labute approximate surface area is 169 Å². The van der Waals surface area contributed by atoms with Crippen molar-refractivity contribution >= 4 is 0 Å². The van der Waals surface area contributed by atoms with Crippen LogP contribution in [-0.2, 0) is 35.0 Å². The highest BCUT2D eigenvalue weighted by molar-refractivity contribution is 5.14. The van der Waals surface area contributed by atoms with E-state index in [-0.39, 0.29) is 0 Å². The molecule has 0 bridgehead atoms. The molecule has 1 aromatic carbocycles. The van der Waals surface area contributed by atoms with Crippen LogP contribution in [0.25, 0.3) is 0 Å². The molecule has 0 fully saturated rings. The van der Waals surface area contributed by atoms with Crippen molar-refractivity contribution < 1.29 is 28.4 Å². The molecular weight excluding hydrogens is 362 g/mol. The topological polar surface area (TPSA) is 58.6 Å². The van der Waals surface area contributed by atoms with E-state index in [0.717, 1.165) is 19.6 Å². The van der Waals surface area contributed by atoms with Gasteiger partial charge in [0.25, 0.3) is 0 Å². The van der Waals surface area contributed by atoms with Gasteiger partial charge in [-0.15, -0.1) is 0 Å². The Kier molecular flexibility index (Phi) is 17.2. The number of benzene rings is 1. The zero-order chi connectivity index (χ0) is 20.1. The Hall–Kier alpha value is -1.06. The molecule has 0 amide bonds. The highest BCUT2D eigenvalue weighted by Gasteiger charge is 2.06. The van der Waals surface area contributed by atoms with E-state index in [2.05, 4.69) is 29.2 Å². The zero-order valence-corrected chi connectivity index (χ0v) is 17.5. The van der Waals surface area contributed by atoms with Crippen LogP contribution in [0, 0.1) is 0 Å². The molecule has 0 saturated heterocycles. The summed E-state index contributed by atoms with van der Waals surface area (Å²) in [4.78, 5) is 2.34. The van der Waals surface area contributed by atoms with Gasteiger partial charge in [-0.05, 0) is 5.56 Å². The smallest absolute Gasteiger partial charge is 0.0701 e. The highest BCUT2D eigenvalue weighted by atomic mass is 16.5. The summed E-state index contributed by atoms with van der Waals surface area (Å²) in [6.07, 6.45) is 0. The fourth-order valence-corrected chi connectivity index (χ4v) is 2.43. The lowest BCUT2D eigenvalue weighted by Gasteiger charge is -2.22. The van der Waals surface area contributed by atoms with E-state index in [1.54, 1.807) is 14.2 Å². The molecule has 0 aromatic heterocycles. The molecule has 7 heteroatoms. The fraction of sp³-hybridized carbons (Fsp3) is 0.714. The Morgan fingerprint density at radius 1 is 0.571 bits per heavy atom. The maximum absolute atomic E-state index is 5.68. The van der Waals surface area contributed by atoms with Crippen LogP contribution in [0.5, 0.6) is 0 Å². The van der Waals surface area contributed by atoms with Crippen LogP contribution in [0.15, 0.2) is 30.3 Å². The van der Waals surface area contributed by atoms with Gasteiger partial charge in [-0.2, -0.15) is 0 Å². The summed E-state index contributed by atoms with van der Waals surface area (Å²) < 4.78 is 32.0. The predicted molar refractivity (Wildman–Crippen MR) is 109 cm³/mol. The predicted octanol–water partition coefficient (Wildman–Crippen LogP) is 1.85. The van der Waals surface area contributed by atoms with Gasteiger partial charge in [0.1, 0.15) is 0 Å². The van der Waals surface area contributed by atoms with Gasteiger partial charge in [0.2, 0.25) is 0 Å². The van der Waals surface area contributed by atoms with Crippen LogP contribution in [0.4, 0.5) is 0 Å². The van der Waals surface area contributed by atoms with Crippen molar-refractivity contribution in [3.05, 3.63) is 35.9 Å². The molecule has 28 heavy (non-hydrogen) atoms. The Bertz CT molecular complexity index is 414. The van der Waals surface area contributed by atoms with Gasteiger partial charge < -0.3 is 28.4 Å². The van der Waals surface area contributed by atoms with Gasteiger partial charge in [0.05, 0.1) is 66.1 Å². The quantitative estimate of drug-likeness (QED) is 0.310. The van der Waals surface area contributed by atoms with Crippen molar-refractivity contribution in [1.82, 2.24) is 4.90 Å². The van der Waals surface area contributed by atoms with Gasteiger partial charge in [-0.1, -0.05) is 30.3 Å². The summed E-state index contributed by atoms with van der Waals surface area (Å²) in [6.45, 7) is 8.72. The first-order valence-corrected chi connectivity index (χ1v) is 9.92. The minimum Gasteiger partial charge on any atom is -0.382 e. The van der Waals surface area contributed by atoms with Gasteiger partial charge in [-0.3, -0.25) is 4.90 Å². The largest absolute Gasteiger partial charge is 0.382 e. The van der Waals surface area contributed by atoms with Crippen molar-refractivity contribution in [1.29, 1.82) is 0 Å². The molecular formula is C21H37NO6. The van der Waals surface area contributed by atoms with Gasteiger partial charge in [-0.25, -0.2) is 0 Å². The molecule has 0 radical (unpaired) electrons. The number of hydrogen-bond acceptors (Lipinski definition) is 7. The number of hydrogen-bond donors (Lipinski definition) is 0. The molecule has 0 saturated carbocycles. The second-order valence-corrected chi connectivity index (χ2v) is 6.20. The van der Waals surface area contributed by atoms with Crippen molar-refractivity contribution in [3.8, 4) is 0 Å². The molecule has 0 aliphatic heterocycles. The molecule has 162 valence electrons.